The zero-order valence-electron chi connectivity index (χ0n) is 8.69. The van der Waals surface area contributed by atoms with Crippen LogP contribution in [-0.4, -0.2) is 18.8 Å². The summed E-state index contributed by atoms with van der Waals surface area (Å²) < 4.78 is 5.47. The van der Waals surface area contributed by atoms with Gasteiger partial charge in [-0.1, -0.05) is 0 Å². The Morgan fingerprint density at radius 3 is 3.13 bits per heavy atom. The van der Waals surface area contributed by atoms with Crippen molar-refractivity contribution in [3.8, 4) is 6.07 Å². The number of nitrogens with zero attached hydrogens (tertiary/aromatic N) is 1. The fraction of sp³-hybridized carbons (Fsp3) is 0.545. The molecule has 15 heavy (non-hydrogen) atoms. The summed E-state index contributed by atoms with van der Waals surface area (Å²) in [6.45, 7) is 3.79. The third-order valence-corrected chi connectivity index (χ3v) is 3.68. The van der Waals surface area contributed by atoms with Gasteiger partial charge in [0.15, 0.2) is 0 Å². The van der Waals surface area contributed by atoms with Gasteiger partial charge in [0.2, 0.25) is 0 Å². The minimum atomic E-state index is 0.306. The van der Waals surface area contributed by atoms with Crippen LogP contribution in [0.5, 0.6) is 0 Å². The lowest BCUT2D eigenvalue weighted by Crippen LogP contribution is -2.33. The van der Waals surface area contributed by atoms with Gasteiger partial charge in [-0.05, 0) is 25.5 Å². The minimum absolute atomic E-state index is 0.306. The van der Waals surface area contributed by atoms with E-state index in [9.17, 15) is 0 Å². The second-order valence-electron chi connectivity index (χ2n) is 3.73. The van der Waals surface area contributed by atoms with Crippen LogP contribution in [-0.2, 0) is 11.3 Å². The molecular weight excluding hydrogens is 208 g/mol. The van der Waals surface area contributed by atoms with Crippen LogP contribution in [0.1, 0.15) is 23.1 Å². The van der Waals surface area contributed by atoms with Gasteiger partial charge in [-0.25, -0.2) is 0 Å². The smallest absolute Gasteiger partial charge is 0.110 e. The molecule has 0 amide bonds. The van der Waals surface area contributed by atoms with Gasteiger partial charge in [-0.15, -0.1) is 11.3 Å². The third-order valence-electron chi connectivity index (χ3n) is 2.69. The van der Waals surface area contributed by atoms with Crippen molar-refractivity contribution in [2.75, 3.05) is 6.61 Å². The summed E-state index contributed by atoms with van der Waals surface area (Å²) in [6.07, 6.45) is 1.39. The fourth-order valence-corrected chi connectivity index (χ4v) is 2.52. The number of rotatable bonds is 3. The van der Waals surface area contributed by atoms with Crippen molar-refractivity contribution in [2.45, 2.75) is 32.0 Å². The molecule has 0 aliphatic carbocycles. The van der Waals surface area contributed by atoms with Crippen LogP contribution in [0.4, 0.5) is 0 Å². The summed E-state index contributed by atoms with van der Waals surface area (Å²) >= 11 is 1.55. The molecule has 2 unspecified atom stereocenters. The Hall–Kier alpha value is -0.890. The van der Waals surface area contributed by atoms with E-state index in [1.165, 1.54) is 4.88 Å². The molecule has 4 heteroatoms. The molecule has 2 rings (SSSR count). The van der Waals surface area contributed by atoms with Gasteiger partial charge in [-0.2, -0.15) is 5.26 Å². The van der Waals surface area contributed by atoms with Crippen molar-refractivity contribution in [3.63, 3.8) is 0 Å². The second kappa shape index (κ2) is 4.75. The van der Waals surface area contributed by atoms with Crippen LogP contribution in [0.2, 0.25) is 0 Å². The average Bonchev–Trinajstić information content (AvgIpc) is 2.84. The molecule has 0 bridgehead atoms. The molecule has 0 spiro atoms. The lowest BCUT2D eigenvalue weighted by atomic mass is 10.1. The Morgan fingerprint density at radius 1 is 1.67 bits per heavy atom. The van der Waals surface area contributed by atoms with E-state index in [0.717, 1.165) is 24.4 Å². The molecule has 2 heterocycles. The molecule has 0 saturated carbocycles. The molecule has 0 radical (unpaired) electrons. The van der Waals surface area contributed by atoms with Crippen molar-refractivity contribution >= 4 is 11.3 Å². The third kappa shape index (κ3) is 2.57. The molecule has 3 nitrogen and oxygen atoms in total. The summed E-state index contributed by atoms with van der Waals surface area (Å²) in [6, 6.07) is 6.49. The highest BCUT2D eigenvalue weighted by Crippen LogP contribution is 2.17. The van der Waals surface area contributed by atoms with E-state index in [0.29, 0.717) is 12.1 Å². The maximum Gasteiger partial charge on any atom is 0.110 e. The SMILES string of the molecule is CC1OCCC1NCc1ccc(C#N)s1. The Labute approximate surface area is 93.7 Å². The molecule has 1 saturated heterocycles. The summed E-state index contributed by atoms with van der Waals surface area (Å²) in [5, 5.41) is 12.2. The Bertz CT molecular complexity index is 369. The summed E-state index contributed by atoms with van der Waals surface area (Å²) in [7, 11) is 0. The first-order valence-electron chi connectivity index (χ1n) is 5.13. The molecule has 2 atom stereocenters. The van der Waals surface area contributed by atoms with Crippen LogP contribution >= 0.6 is 11.3 Å². The first-order valence-corrected chi connectivity index (χ1v) is 5.95. The molecule has 0 aromatic carbocycles. The van der Waals surface area contributed by atoms with Gasteiger partial charge >= 0.3 is 0 Å². The van der Waals surface area contributed by atoms with Crippen LogP contribution in [0.25, 0.3) is 0 Å². The van der Waals surface area contributed by atoms with Crippen LogP contribution in [0.15, 0.2) is 12.1 Å². The maximum atomic E-state index is 8.69. The van der Waals surface area contributed by atoms with Gasteiger partial charge in [0, 0.05) is 24.1 Å². The van der Waals surface area contributed by atoms with Crippen molar-refractivity contribution in [1.82, 2.24) is 5.32 Å². The van der Waals surface area contributed by atoms with Gasteiger partial charge in [0.25, 0.3) is 0 Å². The molecular formula is C11H14N2OS. The molecule has 1 fully saturated rings. The summed E-state index contributed by atoms with van der Waals surface area (Å²) in [5.74, 6) is 0. The van der Waals surface area contributed by atoms with Crippen molar-refractivity contribution < 1.29 is 4.74 Å². The first-order chi connectivity index (χ1) is 7.29. The van der Waals surface area contributed by atoms with Crippen molar-refractivity contribution in [3.05, 3.63) is 21.9 Å². The number of nitriles is 1. The normalized spacial score (nSPS) is 25.3. The van der Waals surface area contributed by atoms with Crippen LogP contribution < -0.4 is 5.32 Å². The topological polar surface area (TPSA) is 45.0 Å². The number of thiophene rings is 1. The van der Waals surface area contributed by atoms with E-state index >= 15 is 0 Å². The largest absolute Gasteiger partial charge is 0.377 e. The van der Waals surface area contributed by atoms with Gasteiger partial charge in [0.05, 0.1) is 6.10 Å². The Morgan fingerprint density at radius 2 is 2.53 bits per heavy atom. The Kier molecular flexibility index (Phi) is 3.37. The van der Waals surface area contributed by atoms with E-state index < -0.39 is 0 Å². The van der Waals surface area contributed by atoms with Crippen molar-refractivity contribution in [1.29, 1.82) is 5.26 Å². The van der Waals surface area contributed by atoms with Gasteiger partial charge in [-0.3, -0.25) is 0 Å². The highest BCUT2D eigenvalue weighted by atomic mass is 32.1. The Balaban J connectivity index is 1.85. The summed E-state index contributed by atoms with van der Waals surface area (Å²) in [4.78, 5) is 1.99. The predicted octanol–water partition coefficient (Wildman–Crippen LogP) is 1.89. The van der Waals surface area contributed by atoms with E-state index in [1.807, 2.05) is 12.1 Å². The highest BCUT2D eigenvalue weighted by Gasteiger charge is 2.23. The highest BCUT2D eigenvalue weighted by molar-refractivity contribution is 7.12. The first kappa shape index (κ1) is 10.6. The fourth-order valence-electron chi connectivity index (χ4n) is 1.76. The molecule has 80 valence electrons. The minimum Gasteiger partial charge on any atom is -0.377 e. The second-order valence-corrected chi connectivity index (χ2v) is 4.90. The number of nitrogens with one attached hydrogen (secondary N) is 1. The van der Waals surface area contributed by atoms with Gasteiger partial charge in [0.1, 0.15) is 10.9 Å². The predicted molar refractivity (Wildman–Crippen MR) is 59.7 cm³/mol. The number of ether oxygens (including phenoxy) is 1. The number of hydrogen-bond donors (Lipinski definition) is 1. The lowest BCUT2D eigenvalue weighted by Gasteiger charge is -2.14. The number of hydrogen-bond acceptors (Lipinski definition) is 4. The standard InChI is InChI=1S/C11H14N2OS/c1-8-11(4-5-14-8)13-7-10-3-2-9(6-12)15-10/h2-3,8,11,13H,4-5,7H2,1H3. The average molecular weight is 222 g/mol. The molecule has 1 N–H and O–H groups in total. The lowest BCUT2D eigenvalue weighted by molar-refractivity contribution is 0.113. The maximum absolute atomic E-state index is 8.69. The van der Waals surface area contributed by atoms with Crippen LogP contribution in [0, 0.1) is 11.3 Å². The van der Waals surface area contributed by atoms with E-state index in [4.69, 9.17) is 10.00 Å². The van der Waals surface area contributed by atoms with Gasteiger partial charge < -0.3 is 10.1 Å². The monoisotopic (exact) mass is 222 g/mol. The van der Waals surface area contributed by atoms with E-state index in [2.05, 4.69) is 18.3 Å². The quantitative estimate of drug-likeness (QED) is 0.849. The molecule has 1 aromatic rings. The zero-order chi connectivity index (χ0) is 10.7. The van der Waals surface area contributed by atoms with E-state index in [-0.39, 0.29) is 0 Å². The molecule has 1 aliphatic rings. The van der Waals surface area contributed by atoms with E-state index in [1.54, 1.807) is 11.3 Å². The summed E-state index contributed by atoms with van der Waals surface area (Å²) in [5.41, 5.74) is 0. The molecule has 1 aromatic heterocycles. The molecule has 1 aliphatic heterocycles. The van der Waals surface area contributed by atoms with Crippen LogP contribution in [0.3, 0.4) is 0 Å². The zero-order valence-corrected chi connectivity index (χ0v) is 9.51. The van der Waals surface area contributed by atoms with Crippen molar-refractivity contribution in [2.24, 2.45) is 0 Å².